The summed E-state index contributed by atoms with van der Waals surface area (Å²) in [6.07, 6.45) is 0. The highest BCUT2D eigenvalue weighted by Gasteiger charge is 2.11. The van der Waals surface area contributed by atoms with Crippen molar-refractivity contribution >= 4 is 15.9 Å². The smallest absolute Gasteiger partial charge is 0.0880 e. The second-order valence-corrected chi connectivity index (χ2v) is 3.24. The standard InChI is InChI=1S/C9H7BrN2.N/c10-9-4-2-1-3-8(9)7(5-11)6-12;/h1-4,7H,5H2;. The molecule has 1 unspecified atom stereocenters. The predicted octanol–water partition coefficient (Wildman–Crippen LogP) is 1.64. The highest BCUT2D eigenvalue weighted by atomic mass is 79.9. The van der Waals surface area contributed by atoms with E-state index in [1.807, 2.05) is 30.3 Å². The SMILES string of the molecule is [N].[N]CC(C#N)c1ccccc1Br. The van der Waals surface area contributed by atoms with Crippen LogP contribution in [0.2, 0.25) is 0 Å². The van der Waals surface area contributed by atoms with Gasteiger partial charge >= 0.3 is 0 Å². The number of hydrogen-bond acceptors (Lipinski definition) is 1. The van der Waals surface area contributed by atoms with Gasteiger partial charge < -0.3 is 0 Å². The van der Waals surface area contributed by atoms with Gasteiger partial charge in [-0.3, -0.25) is 0 Å². The lowest BCUT2D eigenvalue weighted by Crippen LogP contribution is -2.02. The third-order valence-electron chi connectivity index (χ3n) is 1.62. The number of benzene rings is 1. The molecule has 0 spiro atoms. The Labute approximate surface area is 86.3 Å². The summed E-state index contributed by atoms with van der Waals surface area (Å²) in [6, 6.07) is 9.43. The van der Waals surface area contributed by atoms with Crippen LogP contribution < -0.4 is 11.9 Å². The minimum absolute atomic E-state index is 0. The first-order valence-corrected chi connectivity index (χ1v) is 4.33. The monoisotopic (exact) mass is 236 g/mol. The minimum Gasteiger partial charge on any atom is -0.198 e. The molecule has 0 aromatic heterocycles. The fourth-order valence-electron chi connectivity index (χ4n) is 0.966. The lowest BCUT2D eigenvalue weighted by Gasteiger charge is -2.06. The predicted molar refractivity (Wildman–Crippen MR) is 51.6 cm³/mol. The van der Waals surface area contributed by atoms with E-state index in [9.17, 15) is 0 Å². The third kappa shape index (κ3) is 2.81. The molecule has 65 valence electrons. The maximum absolute atomic E-state index is 8.86. The van der Waals surface area contributed by atoms with E-state index < -0.39 is 5.92 Å². The van der Waals surface area contributed by atoms with Crippen molar-refractivity contribution in [2.75, 3.05) is 6.54 Å². The molecule has 0 saturated heterocycles. The van der Waals surface area contributed by atoms with Crippen molar-refractivity contribution in [3.05, 3.63) is 34.3 Å². The number of hydrogen-bond donors (Lipinski definition) is 0. The van der Waals surface area contributed by atoms with Crippen molar-refractivity contribution < 1.29 is 0 Å². The molecule has 1 rings (SSSR count). The van der Waals surface area contributed by atoms with Crippen LogP contribution in [-0.4, -0.2) is 6.54 Å². The number of nitriles is 1. The van der Waals surface area contributed by atoms with Gasteiger partial charge in [-0.25, -0.2) is 0 Å². The van der Waals surface area contributed by atoms with Gasteiger partial charge in [-0.05, 0) is 11.6 Å². The molecule has 0 amide bonds. The molecule has 1 aromatic carbocycles. The average molecular weight is 237 g/mol. The molecule has 3 nitrogen and oxygen atoms in total. The molecule has 0 saturated carbocycles. The normalized spacial score (nSPS) is 11.2. The summed E-state index contributed by atoms with van der Waals surface area (Å²) in [5, 5.41) is 8.67. The van der Waals surface area contributed by atoms with Gasteiger partial charge in [0.2, 0.25) is 0 Å². The van der Waals surface area contributed by atoms with Gasteiger partial charge in [-0.1, -0.05) is 34.1 Å². The summed E-state index contributed by atoms with van der Waals surface area (Å²) in [5.74, 6) is -0.430. The van der Waals surface area contributed by atoms with Crippen LogP contribution in [0.15, 0.2) is 28.7 Å². The fraction of sp³-hybridized carbons (Fsp3) is 0.222. The van der Waals surface area contributed by atoms with Crippen molar-refractivity contribution in [1.82, 2.24) is 11.9 Å². The van der Waals surface area contributed by atoms with Crippen molar-refractivity contribution in [2.45, 2.75) is 5.92 Å². The first-order valence-electron chi connectivity index (χ1n) is 3.54. The van der Waals surface area contributed by atoms with E-state index in [1.165, 1.54) is 0 Å². The highest BCUT2D eigenvalue weighted by Crippen LogP contribution is 2.23. The molecule has 0 heterocycles. The molecule has 1 atom stereocenters. The van der Waals surface area contributed by atoms with Crippen LogP contribution in [0.3, 0.4) is 0 Å². The molecular weight excluding hydrogens is 230 g/mol. The Hall–Kier alpha value is -0.890. The lowest BCUT2D eigenvalue weighted by molar-refractivity contribution is 0.838. The first-order chi connectivity index (χ1) is 5.79. The zero-order valence-electron chi connectivity index (χ0n) is 6.81. The first kappa shape index (κ1) is 12.1. The van der Waals surface area contributed by atoms with Crippen LogP contribution >= 0.6 is 15.9 Å². The molecule has 1 aromatic rings. The van der Waals surface area contributed by atoms with E-state index in [2.05, 4.69) is 15.9 Å². The molecule has 4 heteroatoms. The van der Waals surface area contributed by atoms with Crippen LogP contribution in [0.4, 0.5) is 0 Å². The Kier molecular flexibility index (Phi) is 5.31. The van der Waals surface area contributed by atoms with Gasteiger partial charge in [0, 0.05) is 10.6 Å². The quantitative estimate of drug-likeness (QED) is 0.770. The van der Waals surface area contributed by atoms with Crippen LogP contribution in [0, 0.1) is 11.3 Å². The van der Waals surface area contributed by atoms with Crippen LogP contribution in [0.1, 0.15) is 11.5 Å². The zero-order chi connectivity index (χ0) is 8.97. The zero-order valence-corrected chi connectivity index (χ0v) is 8.40. The van der Waals surface area contributed by atoms with Crippen molar-refractivity contribution in [2.24, 2.45) is 0 Å². The van der Waals surface area contributed by atoms with Crippen LogP contribution in [0.5, 0.6) is 0 Å². The van der Waals surface area contributed by atoms with Gasteiger partial charge in [-0.2, -0.15) is 5.26 Å². The molecule has 0 aliphatic rings. The molecule has 0 aliphatic carbocycles. The van der Waals surface area contributed by atoms with E-state index in [4.69, 9.17) is 11.0 Å². The molecule has 0 fully saturated rings. The molecular formula is C9H7BrN3. The average Bonchev–Trinajstić information content (AvgIpc) is 2.10. The van der Waals surface area contributed by atoms with E-state index in [-0.39, 0.29) is 12.7 Å². The van der Waals surface area contributed by atoms with Crippen molar-refractivity contribution in [1.29, 1.82) is 5.26 Å². The summed E-state index contributed by atoms with van der Waals surface area (Å²) in [5.41, 5.74) is 9.70. The van der Waals surface area contributed by atoms with Gasteiger partial charge in [-0.15, -0.1) is 5.73 Å². The van der Waals surface area contributed by atoms with Gasteiger partial charge in [0.15, 0.2) is 0 Å². The molecule has 0 N–H and O–H groups in total. The Balaban J connectivity index is 0.00000144. The third-order valence-corrected chi connectivity index (χ3v) is 2.34. The summed E-state index contributed by atoms with van der Waals surface area (Å²) in [6.45, 7) is -0.140. The number of nitrogens with zero attached hydrogens (tertiary/aromatic N) is 3. The Morgan fingerprint density at radius 1 is 1.38 bits per heavy atom. The van der Waals surface area contributed by atoms with E-state index in [1.54, 1.807) is 0 Å². The van der Waals surface area contributed by atoms with E-state index in [0.29, 0.717) is 0 Å². The Morgan fingerprint density at radius 3 is 2.46 bits per heavy atom. The maximum Gasteiger partial charge on any atom is 0.0880 e. The second-order valence-electron chi connectivity index (χ2n) is 2.39. The van der Waals surface area contributed by atoms with Crippen LogP contribution in [0.25, 0.3) is 0 Å². The molecule has 0 aliphatic heterocycles. The Bertz CT molecular complexity index is 306. The largest absolute Gasteiger partial charge is 0.198 e. The van der Waals surface area contributed by atoms with E-state index in [0.717, 1.165) is 10.0 Å². The summed E-state index contributed by atoms with van der Waals surface area (Å²) in [4.78, 5) is 0. The summed E-state index contributed by atoms with van der Waals surface area (Å²) >= 11 is 3.32. The van der Waals surface area contributed by atoms with Gasteiger partial charge in [0.05, 0.1) is 18.5 Å². The van der Waals surface area contributed by atoms with Crippen LogP contribution in [-0.2, 0) is 0 Å². The fourth-order valence-corrected chi connectivity index (χ4v) is 1.53. The molecule has 0 bridgehead atoms. The second kappa shape index (κ2) is 5.70. The van der Waals surface area contributed by atoms with Crippen molar-refractivity contribution in [3.63, 3.8) is 0 Å². The van der Waals surface area contributed by atoms with Gasteiger partial charge in [0.25, 0.3) is 0 Å². The lowest BCUT2D eigenvalue weighted by atomic mass is 10.0. The minimum atomic E-state index is -0.430. The summed E-state index contributed by atoms with van der Waals surface area (Å²) < 4.78 is 0.866. The van der Waals surface area contributed by atoms with Gasteiger partial charge in [0.1, 0.15) is 0 Å². The topological polar surface area (TPSA) is 76.6 Å². The molecule has 5 radical (unpaired) electrons. The Morgan fingerprint density at radius 2 is 2.00 bits per heavy atom. The molecule has 13 heavy (non-hydrogen) atoms. The van der Waals surface area contributed by atoms with Crippen molar-refractivity contribution in [3.8, 4) is 6.07 Å². The number of halogens is 1. The maximum atomic E-state index is 8.86. The van der Waals surface area contributed by atoms with E-state index >= 15 is 0 Å². The number of rotatable bonds is 2. The summed E-state index contributed by atoms with van der Waals surface area (Å²) in [7, 11) is 0. The highest BCUT2D eigenvalue weighted by molar-refractivity contribution is 9.10.